The first-order chi connectivity index (χ1) is 17.9. The van der Waals surface area contributed by atoms with Gasteiger partial charge < -0.3 is 29.7 Å². The van der Waals surface area contributed by atoms with Crippen molar-refractivity contribution in [2.24, 2.45) is 0 Å². The number of carbonyl (C=O) groups excluding carboxylic acids is 2. The zero-order chi connectivity index (χ0) is 28.0. The molecule has 1 unspecified atom stereocenters. The Morgan fingerprint density at radius 2 is 1.95 bits per heavy atom. The molecule has 202 valence electrons. The summed E-state index contributed by atoms with van der Waals surface area (Å²) in [7, 11) is 0. The predicted octanol–water partition coefficient (Wildman–Crippen LogP) is 4.18. The number of rotatable bonds is 7. The number of amides is 3. The van der Waals surface area contributed by atoms with E-state index in [1.54, 1.807) is 63.2 Å². The molecule has 0 saturated heterocycles. The van der Waals surface area contributed by atoms with Crippen LogP contribution < -0.4 is 15.0 Å². The number of urea groups is 1. The van der Waals surface area contributed by atoms with E-state index in [1.165, 1.54) is 9.80 Å². The smallest absolute Gasteiger partial charge is 0.328 e. The first-order valence-corrected chi connectivity index (χ1v) is 12.5. The van der Waals surface area contributed by atoms with Gasteiger partial charge in [0.15, 0.2) is 6.04 Å². The standard InChI is InChI=1S/C28H32ClN3O6/c1-6-19-16-32(25(33)21-13-12-20(37-7-2)14-22(21)29)24-11-9-8-10-18(24)15-31(19)27(36)30-23(26(34)35)17-38-28(3,4)5/h1,8-14,19,23H,7,15-17H2,2-5H3,(H,30,36)(H,34,35)/t19-,23?/m1/s1. The van der Waals surface area contributed by atoms with Crippen molar-refractivity contribution < 1.29 is 29.0 Å². The summed E-state index contributed by atoms with van der Waals surface area (Å²) in [6, 6.07) is 9.12. The molecule has 2 aromatic carbocycles. The summed E-state index contributed by atoms with van der Waals surface area (Å²) in [6.45, 7) is 7.47. The summed E-state index contributed by atoms with van der Waals surface area (Å²) in [5.74, 6) is 1.49. The lowest BCUT2D eigenvalue weighted by molar-refractivity contribution is -0.142. The van der Waals surface area contributed by atoms with Crippen LogP contribution in [0.1, 0.15) is 43.6 Å². The topological polar surface area (TPSA) is 108 Å². The van der Waals surface area contributed by atoms with Crippen molar-refractivity contribution in [1.29, 1.82) is 0 Å². The fourth-order valence-electron chi connectivity index (χ4n) is 3.93. The number of fused-ring (bicyclic) bond motifs is 1. The second-order valence-corrected chi connectivity index (χ2v) is 10.1. The molecule has 0 fully saturated rings. The number of carbonyl (C=O) groups is 3. The molecule has 3 amide bonds. The number of hydrogen-bond acceptors (Lipinski definition) is 5. The maximum absolute atomic E-state index is 13.7. The zero-order valence-electron chi connectivity index (χ0n) is 21.9. The maximum atomic E-state index is 13.7. The molecule has 0 saturated carbocycles. The fraction of sp³-hybridized carbons (Fsp3) is 0.393. The summed E-state index contributed by atoms with van der Waals surface area (Å²) in [6.07, 6.45) is 5.83. The largest absolute Gasteiger partial charge is 0.494 e. The third-order valence-corrected chi connectivity index (χ3v) is 6.13. The van der Waals surface area contributed by atoms with E-state index in [4.69, 9.17) is 27.5 Å². The molecule has 1 aliphatic rings. The van der Waals surface area contributed by atoms with Crippen LogP contribution in [0.2, 0.25) is 5.02 Å². The van der Waals surface area contributed by atoms with Gasteiger partial charge >= 0.3 is 12.0 Å². The van der Waals surface area contributed by atoms with Crippen LogP contribution in [-0.4, -0.2) is 65.4 Å². The molecular formula is C28H32ClN3O6. The van der Waals surface area contributed by atoms with E-state index in [2.05, 4.69) is 11.2 Å². The molecule has 1 heterocycles. The minimum Gasteiger partial charge on any atom is -0.494 e. The number of anilines is 1. The van der Waals surface area contributed by atoms with Crippen molar-refractivity contribution in [3.05, 3.63) is 58.6 Å². The maximum Gasteiger partial charge on any atom is 0.328 e. The molecule has 3 rings (SSSR count). The zero-order valence-corrected chi connectivity index (χ0v) is 22.6. The summed E-state index contributed by atoms with van der Waals surface area (Å²) >= 11 is 6.44. The van der Waals surface area contributed by atoms with Gasteiger partial charge in [-0.1, -0.05) is 35.7 Å². The minimum atomic E-state index is -1.29. The number of carboxylic acid groups (broad SMARTS) is 1. The van der Waals surface area contributed by atoms with Gasteiger partial charge in [-0.05, 0) is 57.5 Å². The average molecular weight is 542 g/mol. The SMILES string of the molecule is C#C[C@@H]1CN(C(=O)c2ccc(OCC)cc2Cl)c2ccccc2CN1C(=O)NC(COC(C)(C)C)C(=O)O. The van der Waals surface area contributed by atoms with Crippen LogP contribution >= 0.6 is 11.6 Å². The first-order valence-electron chi connectivity index (χ1n) is 12.2. The molecule has 0 aliphatic carbocycles. The van der Waals surface area contributed by atoms with Crippen LogP contribution in [0, 0.1) is 12.3 Å². The lowest BCUT2D eigenvalue weighted by Gasteiger charge is -2.30. The van der Waals surface area contributed by atoms with E-state index in [9.17, 15) is 19.5 Å². The van der Waals surface area contributed by atoms with Gasteiger partial charge in [-0.3, -0.25) is 4.79 Å². The lowest BCUT2D eigenvalue weighted by atomic mass is 10.1. The van der Waals surface area contributed by atoms with Crippen molar-refractivity contribution in [2.75, 3.05) is 24.7 Å². The molecule has 0 radical (unpaired) electrons. The molecule has 0 bridgehead atoms. The Labute approximate surface area is 227 Å². The lowest BCUT2D eigenvalue weighted by Crippen LogP contribution is -2.54. The number of nitrogens with one attached hydrogen (secondary N) is 1. The first kappa shape index (κ1) is 28.8. The highest BCUT2D eigenvalue weighted by atomic mass is 35.5. The normalized spacial score (nSPS) is 16.1. The van der Waals surface area contributed by atoms with Crippen molar-refractivity contribution >= 4 is 35.2 Å². The number of hydrogen-bond donors (Lipinski definition) is 2. The Morgan fingerprint density at radius 1 is 1.24 bits per heavy atom. The molecule has 9 nitrogen and oxygen atoms in total. The number of terminal acetylenes is 1. The molecule has 0 spiro atoms. The average Bonchev–Trinajstić information content (AvgIpc) is 3.02. The van der Waals surface area contributed by atoms with Crippen LogP contribution in [0.25, 0.3) is 0 Å². The Balaban J connectivity index is 1.91. The quantitative estimate of drug-likeness (QED) is 0.509. The van der Waals surface area contributed by atoms with E-state index < -0.39 is 35.6 Å². The van der Waals surface area contributed by atoms with E-state index in [0.29, 0.717) is 23.6 Å². The number of ether oxygens (including phenoxy) is 2. The predicted molar refractivity (Wildman–Crippen MR) is 145 cm³/mol. The van der Waals surface area contributed by atoms with E-state index in [1.807, 2.05) is 6.92 Å². The highest BCUT2D eigenvalue weighted by molar-refractivity contribution is 6.34. The monoisotopic (exact) mass is 541 g/mol. The van der Waals surface area contributed by atoms with Crippen molar-refractivity contribution in [1.82, 2.24) is 10.2 Å². The van der Waals surface area contributed by atoms with Crippen LogP contribution in [0.4, 0.5) is 10.5 Å². The van der Waals surface area contributed by atoms with Crippen molar-refractivity contribution in [3.63, 3.8) is 0 Å². The molecule has 10 heteroatoms. The van der Waals surface area contributed by atoms with Crippen LogP contribution in [0.5, 0.6) is 5.75 Å². The van der Waals surface area contributed by atoms with Gasteiger partial charge in [0.25, 0.3) is 5.91 Å². The van der Waals surface area contributed by atoms with E-state index in [-0.39, 0.29) is 30.3 Å². The summed E-state index contributed by atoms with van der Waals surface area (Å²) in [4.78, 5) is 41.7. The molecule has 0 aromatic heterocycles. The fourth-order valence-corrected chi connectivity index (χ4v) is 4.18. The second kappa shape index (κ2) is 12.2. The highest BCUT2D eigenvalue weighted by Gasteiger charge is 2.35. The Kier molecular flexibility index (Phi) is 9.26. The highest BCUT2D eigenvalue weighted by Crippen LogP contribution is 2.31. The Hall–Kier alpha value is -3.74. The number of benzene rings is 2. The molecule has 2 atom stereocenters. The molecule has 2 aromatic rings. The van der Waals surface area contributed by atoms with Crippen LogP contribution in [-0.2, 0) is 16.1 Å². The van der Waals surface area contributed by atoms with Gasteiger partial charge in [0.05, 0.1) is 42.5 Å². The number of nitrogens with zero attached hydrogens (tertiary/aromatic N) is 2. The third kappa shape index (κ3) is 6.97. The molecule has 2 N–H and O–H groups in total. The van der Waals surface area contributed by atoms with Gasteiger partial charge in [0.2, 0.25) is 0 Å². The van der Waals surface area contributed by atoms with Crippen molar-refractivity contribution in [3.8, 4) is 18.1 Å². The van der Waals surface area contributed by atoms with Gasteiger partial charge in [0.1, 0.15) is 11.8 Å². The molecule has 38 heavy (non-hydrogen) atoms. The Morgan fingerprint density at radius 3 is 2.55 bits per heavy atom. The van der Waals surface area contributed by atoms with E-state index >= 15 is 0 Å². The summed E-state index contributed by atoms with van der Waals surface area (Å²) in [5.41, 5.74) is 0.894. The second-order valence-electron chi connectivity index (χ2n) is 9.69. The molecule has 1 aliphatic heterocycles. The van der Waals surface area contributed by atoms with Crippen molar-refractivity contribution in [2.45, 2.75) is 51.9 Å². The molecular weight excluding hydrogens is 510 g/mol. The van der Waals surface area contributed by atoms with Gasteiger partial charge in [-0.25, -0.2) is 9.59 Å². The van der Waals surface area contributed by atoms with Crippen LogP contribution in [0.3, 0.4) is 0 Å². The van der Waals surface area contributed by atoms with Crippen LogP contribution in [0.15, 0.2) is 42.5 Å². The third-order valence-electron chi connectivity index (χ3n) is 5.81. The van der Waals surface area contributed by atoms with E-state index in [0.717, 1.165) is 0 Å². The summed E-state index contributed by atoms with van der Waals surface area (Å²) < 4.78 is 11.0. The van der Waals surface area contributed by atoms with Gasteiger partial charge in [-0.2, -0.15) is 0 Å². The number of aliphatic carboxylic acids is 1. The van der Waals surface area contributed by atoms with Gasteiger partial charge in [0, 0.05) is 5.69 Å². The van der Waals surface area contributed by atoms with Gasteiger partial charge in [-0.15, -0.1) is 6.42 Å². The Bertz CT molecular complexity index is 1240. The minimum absolute atomic E-state index is 0.0282. The number of halogens is 1. The summed E-state index contributed by atoms with van der Waals surface area (Å²) in [5, 5.41) is 12.4. The number of para-hydroxylation sites is 1. The number of carboxylic acids is 1.